The summed E-state index contributed by atoms with van der Waals surface area (Å²) < 4.78 is 0. The highest BCUT2D eigenvalue weighted by molar-refractivity contribution is 5.66. The summed E-state index contributed by atoms with van der Waals surface area (Å²) in [4.78, 5) is 4.28. The first kappa shape index (κ1) is 12.6. The molecule has 0 amide bonds. The normalized spacial score (nSPS) is 10.4. The fourth-order valence-electron chi connectivity index (χ4n) is 2.44. The maximum atomic E-state index is 4.28. The van der Waals surface area contributed by atoms with E-state index in [0.717, 1.165) is 12.8 Å². The van der Waals surface area contributed by atoms with Gasteiger partial charge in [0.05, 0.1) is 0 Å². The summed E-state index contributed by atoms with van der Waals surface area (Å²) in [7, 11) is 0. The molecule has 0 bridgehead atoms. The molecule has 0 spiro atoms. The second-order valence-corrected chi connectivity index (χ2v) is 4.88. The lowest BCUT2D eigenvalue weighted by Gasteiger charge is -2.09. The van der Waals surface area contributed by atoms with E-state index >= 15 is 0 Å². The van der Waals surface area contributed by atoms with Crippen LogP contribution in [0.3, 0.4) is 0 Å². The van der Waals surface area contributed by atoms with E-state index in [1.54, 1.807) is 0 Å². The Balaban J connectivity index is 1.84. The third-order valence-corrected chi connectivity index (χ3v) is 3.52. The smallest absolute Gasteiger partial charge is 0.0349 e. The fraction of sp³-hybridized carbons (Fsp3) is 0.105. The molecule has 0 unspecified atom stereocenters. The van der Waals surface area contributed by atoms with Crippen molar-refractivity contribution in [2.75, 3.05) is 0 Å². The van der Waals surface area contributed by atoms with Gasteiger partial charge in [-0.05, 0) is 35.6 Å². The molecule has 0 aliphatic rings. The fourth-order valence-corrected chi connectivity index (χ4v) is 2.44. The third kappa shape index (κ3) is 2.94. The summed E-state index contributed by atoms with van der Waals surface area (Å²) in [5.74, 6) is 0. The van der Waals surface area contributed by atoms with Crippen LogP contribution < -0.4 is 0 Å². The van der Waals surface area contributed by atoms with Crippen LogP contribution in [0, 0.1) is 0 Å². The summed E-state index contributed by atoms with van der Waals surface area (Å²) in [6.45, 7) is 0. The van der Waals surface area contributed by atoms with Crippen LogP contribution >= 0.6 is 0 Å². The van der Waals surface area contributed by atoms with Gasteiger partial charge in [0.15, 0.2) is 0 Å². The Kier molecular flexibility index (Phi) is 3.88. The molecule has 1 heteroatoms. The molecular formula is C19H17N. The number of hydrogen-bond acceptors (Lipinski definition) is 1. The van der Waals surface area contributed by atoms with E-state index in [4.69, 9.17) is 0 Å². The Labute approximate surface area is 119 Å². The van der Waals surface area contributed by atoms with Crippen molar-refractivity contribution >= 4 is 0 Å². The van der Waals surface area contributed by atoms with Crippen molar-refractivity contribution in [1.82, 2.24) is 4.98 Å². The first-order valence-corrected chi connectivity index (χ1v) is 6.96. The number of benzene rings is 2. The zero-order chi connectivity index (χ0) is 13.6. The Morgan fingerprint density at radius 2 is 1.40 bits per heavy atom. The standard InChI is InChI=1S/C19H17N/c1-3-7-16(8-4-1)11-12-18-13-14-20-15-19(18)17-9-5-2-6-10-17/h1-10,13-15H,11-12H2. The molecule has 98 valence electrons. The molecule has 0 saturated heterocycles. The van der Waals surface area contributed by atoms with Crippen molar-refractivity contribution in [2.45, 2.75) is 12.8 Å². The van der Waals surface area contributed by atoms with Crippen LogP contribution in [0.4, 0.5) is 0 Å². The maximum absolute atomic E-state index is 4.28. The average Bonchev–Trinajstić information content (AvgIpc) is 2.55. The minimum absolute atomic E-state index is 1.04. The first-order valence-electron chi connectivity index (χ1n) is 6.96. The second-order valence-electron chi connectivity index (χ2n) is 4.88. The third-order valence-electron chi connectivity index (χ3n) is 3.52. The molecule has 1 heterocycles. The summed E-state index contributed by atoms with van der Waals surface area (Å²) in [5.41, 5.74) is 5.21. The molecule has 0 aliphatic heterocycles. The number of hydrogen-bond donors (Lipinski definition) is 0. The van der Waals surface area contributed by atoms with Crippen LogP contribution in [0.15, 0.2) is 79.1 Å². The molecule has 0 aliphatic carbocycles. The van der Waals surface area contributed by atoms with Crippen molar-refractivity contribution < 1.29 is 0 Å². The first-order chi connectivity index (χ1) is 9.93. The van der Waals surface area contributed by atoms with E-state index in [0.29, 0.717) is 0 Å². The molecule has 0 N–H and O–H groups in total. The Morgan fingerprint density at radius 3 is 2.15 bits per heavy atom. The van der Waals surface area contributed by atoms with Crippen molar-refractivity contribution in [3.05, 3.63) is 90.3 Å². The minimum atomic E-state index is 1.04. The van der Waals surface area contributed by atoms with Gasteiger partial charge in [0.1, 0.15) is 0 Å². The van der Waals surface area contributed by atoms with Crippen LogP contribution in [0.25, 0.3) is 11.1 Å². The lowest BCUT2D eigenvalue weighted by atomic mass is 9.97. The molecule has 0 fully saturated rings. The molecule has 0 saturated carbocycles. The van der Waals surface area contributed by atoms with E-state index in [-0.39, 0.29) is 0 Å². The van der Waals surface area contributed by atoms with Gasteiger partial charge >= 0.3 is 0 Å². The summed E-state index contributed by atoms with van der Waals surface area (Å²) in [6.07, 6.45) is 5.95. The molecule has 3 rings (SSSR count). The van der Waals surface area contributed by atoms with E-state index in [1.807, 2.05) is 18.5 Å². The summed E-state index contributed by atoms with van der Waals surface area (Å²) >= 11 is 0. The van der Waals surface area contributed by atoms with E-state index in [2.05, 4.69) is 65.6 Å². The Morgan fingerprint density at radius 1 is 0.700 bits per heavy atom. The van der Waals surface area contributed by atoms with Crippen LogP contribution in [0.5, 0.6) is 0 Å². The van der Waals surface area contributed by atoms with Crippen molar-refractivity contribution in [2.24, 2.45) is 0 Å². The number of nitrogens with zero attached hydrogens (tertiary/aromatic N) is 1. The number of pyridine rings is 1. The van der Waals surface area contributed by atoms with Gasteiger partial charge in [0.25, 0.3) is 0 Å². The zero-order valence-corrected chi connectivity index (χ0v) is 11.4. The largest absolute Gasteiger partial charge is 0.264 e. The second kappa shape index (κ2) is 6.16. The Bertz CT molecular complexity index is 660. The molecule has 2 aromatic carbocycles. The predicted octanol–water partition coefficient (Wildman–Crippen LogP) is 4.53. The van der Waals surface area contributed by atoms with Crippen molar-refractivity contribution in [3.8, 4) is 11.1 Å². The number of rotatable bonds is 4. The predicted molar refractivity (Wildman–Crippen MR) is 83.5 cm³/mol. The highest BCUT2D eigenvalue weighted by Crippen LogP contribution is 2.23. The Hall–Kier alpha value is -2.41. The van der Waals surface area contributed by atoms with Gasteiger partial charge in [-0.2, -0.15) is 0 Å². The van der Waals surface area contributed by atoms with Gasteiger partial charge in [-0.3, -0.25) is 4.98 Å². The zero-order valence-electron chi connectivity index (χ0n) is 11.4. The van der Waals surface area contributed by atoms with Crippen LogP contribution in [-0.4, -0.2) is 4.98 Å². The number of aryl methyl sites for hydroxylation is 2. The van der Waals surface area contributed by atoms with Gasteiger partial charge < -0.3 is 0 Å². The molecule has 3 aromatic rings. The van der Waals surface area contributed by atoms with Gasteiger partial charge in [-0.1, -0.05) is 60.7 Å². The van der Waals surface area contributed by atoms with Crippen molar-refractivity contribution in [1.29, 1.82) is 0 Å². The molecular weight excluding hydrogens is 242 g/mol. The van der Waals surface area contributed by atoms with E-state index < -0.39 is 0 Å². The summed E-state index contributed by atoms with van der Waals surface area (Å²) in [5, 5.41) is 0. The van der Waals surface area contributed by atoms with Crippen LogP contribution in [0.2, 0.25) is 0 Å². The van der Waals surface area contributed by atoms with E-state index in [1.165, 1.54) is 22.3 Å². The van der Waals surface area contributed by atoms with Gasteiger partial charge in [0.2, 0.25) is 0 Å². The summed E-state index contributed by atoms with van der Waals surface area (Å²) in [6, 6.07) is 23.2. The quantitative estimate of drug-likeness (QED) is 0.670. The highest BCUT2D eigenvalue weighted by atomic mass is 14.6. The van der Waals surface area contributed by atoms with Crippen LogP contribution in [0.1, 0.15) is 11.1 Å². The molecule has 1 aromatic heterocycles. The molecule has 20 heavy (non-hydrogen) atoms. The topological polar surface area (TPSA) is 12.9 Å². The molecule has 0 radical (unpaired) electrons. The minimum Gasteiger partial charge on any atom is -0.264 e. The molecule has 1 nitrogen and oxygen atoms in total. The van der Waals surface area contributed by atoms with Crippen LogP contribution in [-0.2, 0) is 12.8 Å². The highest BCUT2D eigenvalue weighted by Gasteiger charge is 2.05. The van der Waals surface area contributed by atoms with Gasteiger partial charge in [-0.25, -0.2) is 0 Å². The SMILES string of the molecule is c1ccc(CCc2ccncc2-c2ccccc2)cc1. The lowest BCUT2D eigenvalue weighted by Crippen LogP contribution is -1.95. The van der Waals surface area contributed by atoms with E-state index in [9.17, 15) is 0 Å². The number of aromatic nitrogens is 1. The lowest BCUT2D eigenvalue weighted by molar-refractivity contribution is 0.957. The monoisotopic (exact) mass is 259 g/mol. The average molecular weight is 259 g/mol. The van der Waals surface area contributed by atoms with Crippen molar-refractivity contribution in [3.63, 3.8) is 0 Å². The molecule has 0 atom stereocenters. The van der Waals surface area contributed by atoms with Gasteiger partial charge in [-0.15, -0.1) is 0 Å². The van der Waals surface area contributed by atoms with Gasteiger partial charge in [0, 0.05) is 18.0 Å². The maximum Gasteiger partial charge on any atom is 0.0349 e.